The highest BCUT2D eigenvalue weighted by molar-refractivity contribution is 6.31. The maximum Gasteiger partial charge on any atom is 0.196 e. The number of benzene rings is 2. The van der Waals surface area contributed by atoms with Gasteiger partial charge in [-0.2, -0.15) is 0 Å². The van der Waals surface area contributed by atoms with E-state index in [4.69, 9.17) is 0 Å². The summed E-state index contributed by atoms with van der Waals surface area (Å²) in [5.41, 5.74) is 3.28. The van der Waals surface area contributed by atoms with Crippen molar-refractivity contribution in [2.45, 2.75) is 25.9 Å². The second kappa shape index (κ2) is 8.98. The van der Waals surface area contributed by atoms with Crippen LogP contribution in [0.25, 0.3) is 0 Å². The third-order valence-corrected chi connectivity index (χ3v) is 6.01. The predicted molar refractivity (Wildman–Crippen MR) is 123 cm³/mol. The Balaban J connectivity index is 2.04. The number of nitrogens with zero attached hydrogens (tertiary/aromatic N) is 2. The second-order valence-electron chi connectivity index (χ2n) is 8.50. The molecule has 1 aliphatic carbocycles. The lowest BCUT2D eigenvalue weighted by atomic mass is 9.82. The molecule has 2 N–H and O–H groups in total. The number of anilines is 2. The first-order valence-electron chi connectivity index (χ1n) is 10.4. The average molecular weight is 409 g/mol. The summed E-state index contributed by atoms with van der Waals surface area (Å²) in [6, 6.07) is 11.4. The van der Waals surface area contributed by atoms with Crippen molar-refractivity contribution in [3.05, 3.63) is 58.7 Å². The molecule has 0 saturated heterocycles. The lowest BCUT2D eigenvalue weighted by Crippen LogP contribution is -2.33. The normalized spacial score (nSPS) is 15.1. The molecule has 160 valence electrons. The highest BCUT2D eigenvalue weighted by Gasteiger charge is 2.34. The van der Waals surface area contributed by atoms with Gasteiger partial charge >= 0.3 is 0 Å². The molecule has 30 heavy (non-hydrogen) atoms. The van der Waals surface area contributed by atoms with Crippen LogP contribution in [0, 0.1) is 0 Å². The molecule has 1 aliphatic rings. The van der Waals surface area contributed by atoms with E-state index in [0.29, 0.717) is 46.7 Å². The highest BCUT2D eigenvalue weighted by atomic mass is 16.1. The standard InChI is InChI=1S/C24H32N4O2/c1-15(27(3)4)13-25-19-11-12-20(26-14-16(2)28(5)6)22-21(19)23(29)17-9-7-8-10-18(17)24(22)30/h7-12,15-16,25-26H,13-14H2,1-6H3. The summed E-state index contributed by atoms with van der Waals surface area (Å²) in [5, 5.41) is 6.79. The van der Waals surface area contributed by atoms with Crippen molar-refractivity contribution in [2.24, 2.45) is 0 Å². The summed E-state index contributed by atoms with van der Waals surface area (Å²) < 4.78 is 0. The quantitative estimate of drug-likeness (QED) is 0.597. The molecule has 2 atom stereocenters. The van der Waals surface area contributed by atoms with Gasteiger partial charge in [0, 0.05) is 47.7 Å². The smallest absolute Gasteiger partial charge is 0.196 e. The third kappa shape index (κ3) is 4.25. The van der Waals surface area contributed by atoms with Gasteiger partial charge < -0.3 is 20.4 Å². The van der Waals surface area contributed by atoms with Gasteiger partial charge in [-0.1, -0.05) is 24.3 Å². The molecule has 3 rings (SSSR count). The number of likely N-dealkylation sites (N-methyl/N-ethyl adjacent to an activating group) is 2. The summed E-state index contributed by atoms with van der Waals surface area (Å²) in [7, 11) is 8.08. The van der Waals surface area contributed by atoms with E-state index in [1.807, 2.05) is 40.3 Å². The van der Waals surface area contributed by atoms with Crippen LogP contribution in [-0.4, -0.2) is 74.7 Å². The molecule has 0 saturated carbocycles. The molecule has 0 amide bonds. The fourth-order valence-electron chi connectivity index (χ4n) is 3.40. The molecule has 2 unspecified atom stereocenters. The molecule has 0 fully saturated rings. The van der Waals surface area contributed by atoms with E-state index in [-0.39, 0.29) is 23.7 Å². The Labute approximate surface area is 179 Å². The Morgan fingerprint density at radius 1 is 0.700 bits per heavy atom. The lowest BCUT2D eigenvalue weighted by Gasteiger charge is -2.27. The van der Waals surface area contributed by atoms with E-state index in [0.717, 1.165) is 0 Å². The molecule has 6 heteroatoms. The zero-order valence-electron chi connectivity index (χ0n) is 18.7. The number of rotatable bonds is 8. The zero-order chi connectivity index (χ0) is 22.0. The van der Waals surface area contributed by atoms with Crippen molar-refractivity contribution in [3.8, 4) is 0 Å². The number of carbonyl (C=O) groups is 2. The van der Waals surface area contributed by atoms with Gasteiger partial charge in [-0.25, -0.2) is 0 Å². The summed E-state index contributed by atoms with van der Waals surface area (Å²) >= 11 is 0. The van der Waals surface area contributed by atoms with Crippen LogP contribution in [0.15, 0.2) is 36.4 Å². The van der Waals surface area contributed by atoms with E-state index in [9.17, 15) is 9.59 Å². The Morgan fingerprint density at radius 3 is 1.40 bits per heavy atom. The number of ketones is 2. The van der Waals surface area contributed by atoms with Crippen molar-refractivity contribution < 1.29 is 9.59 Å². The van der Waals surface area contributed by atoms with Crippen molar-refractivity contribution in [2.75, 3.05) is 51.9 Å². The zero-order valence-corrected chi connectivity index (χ0v) is 18.7. The van der Waals surface area contributed by atoms with Gasteiger partial charge in [0.25, 0.3) is 0 Å². The van der Waals surface area contributed by atoms with Gasteiger partial charge in [0.1, 0.15) is 0 Å². The molecule has 0 aromatic heterocycles. The average Bonchev–Trinajstić information content (AvgIpc) is 2.73. The molecule has 0 spiro atoms. The number of carbonyl (C=O) groups excluding carboxylic acids is 2. The minimum Gasteiger partial charge on any atom is -0.383 e. The third-order valence-electron chi connectivity index (χ3n) is 6.01. The molecule has 0 radical (unpaired) electrons. The SMILES string of the molecule is CC(CNc1ccc(NCC(C)N(C)C)c2c1C(=O)c1ccccc1C2=O)N(C)C. The van der Waals surface area contributed by atoms with Gasteiger partial charge in [0.15, 0.2) is 11.6 Å². The summed E-state index contributed by atoms with van der Waals surface area (Å²) in [6.45, 7) is 5.57. The topological polar surface area (TPSA) is 64.7 Å². The number of hydrogen-bond acceptors (Lipinski definition) is 6. The van der Waals surface area contributed by atoms with E-state index in [1.165, 1.54) is 0 Å². The van der Waals surface area contributed by atoms with E-state index in [2.05, 4.69) is 34.3 Å². The molecule has 6 nitrogen and oxygen atoms in total. The van der Waals surface area contributed by atoms with Gasteiger partial charge in [0.05, 0.1) is 11.1 Å². The summed E-state index contributed by atoms with van der Waals surface area (Å²) in [4.78, 5) is 31.0. The van der Waals surface area contributed by atoms with E-state index in [1.54, 1.807) is 24.3 Å². The maximum atomic E-state index is 13.4. The minimum absolute atomic E-state index is 0.107. The van der Waals surface area contributed by atoms with Gasteiger partial charge in [0.2, 0.25) is 0 Å². The Bertz CT molecular complexity index is 876. The minimum atomic E-state index is -0.107. The van der Waals surface area contributed by atoms with Gasteiger partial charge in [-0.05, 0) is 54.2 Å². The molecule has 2 aromatic rings. The van der Waals surface area contributed by atoms with Crippen LogP contribution in [0.5, 0.6) is 0 Å². The summed E-state index contributed by atoms with van der Waals surface area (Å²) in [6.07, 6.45) is 0. The Kier molecular flexibility index (Phi) is 6.58. The van der Waals surface area contributed by atoms with Crippen molar-refractivity contribution >= 4 is 22.9 Å². The van der Waals surface area contributed by atoms with Crippen molar-refractivity contribution in [1.29, 1.82) is 0 Å². The lowest BCUT2D eigenvalue weighted by molar-refractivity contribution is 0.0980. The first-order chi connectivity index (χ1) is 14.2. The van der Waals surface area contributed by atoms with Crippen LogP contribution in [0.1, 0.15) is 45.7 Å². The molecule has 0 bridgehead atoms. The van der Waals surface area contributed by atoms with Gasteiger partial charge in [-0.3, -0.25) is 9.59 Å². The van der Waals surface area contributed by atoms with Crippen LogP contribution < -0.4 is 10.6 Å². The van der Waals surface area contributed by atoms with Crippen molar-refractivity contribution in [3.63, 3.8) is 0 Å². The van der Waals surface area contributed by atoms with Crippen LogP contribution >= 0.6 is 0 Å². The summed E-state index contributed by atoms with van der Waals surface area (Å²) in [5.74, 6) is -0.214. The van der Waals surface area contributed by atoms with Crippen LogP contribution in [-0.2, 0) is 0 Å². The maximum absolute atomic E-state index is 13.4. The number of nitrogens with one attached hydrogen (secondary N) is 2. The molecule has 0 heterocycles. The van der Waals surface area contributed by atoms with E-state index < -0.39 is 0 Å². The Hall–Kier alpha value is -2.70. The van der Waals surface area contributed by atoms with Crippen LogP contribution in [0.4, 0.5) is 11.4 Å². The predicted octanol–water partition coefficient (Wildman–Crippen LogP) is 3.19. The first-order valence-corrected chi connectivity index (χ1v) is 10.4. The monoisotopic (exact) mass is 408 g/mol. The largest absolute Gasteiger partial charge is 0.383 e. The second-order valence-corrected chi connectivity index (χ2v) is 8.50. The molecular formula is C24H32N4O2. The number of fused-ring (bicyclic) bond motifs is 2. The van der Waals surface area contributed by atoms with Crippen molar-refractivity contribution in [1.82, 2.24) is 9.80 Å². The van der Waals surface area contributed by atoms with E-state index >= 15 is 0 Å². The number of hydrogen-bond donors (Lipinski definition) is 2. The molecular weight excluding hydrogens is 376 g/mol. The fraction of sp³-hybridized carbons (Fsp3) is 0.417. The Morgan fingerprint density at radius 2 is 1.07 bits per heavy atom. The molecule has 0 aliphatic heterocycles. The fourth-order valence-corrected chi connectivity index (χ4v) is 3.40. The highest BCUT2D eigenvalue weighted by Crippen LogP contribution is 2.36. The molecule has 2 aromatic carbocycles. The van der Waals surface area contributed by atoms with Crippen LogP contribution in [0.3, 0.4) is 0 Å². The van der Waals surface area contributed by atoms with Crippen LogP contribution in [0.2, 0.25) is 0 Å². The van der Waals surface area contributed by atoms with Gasteiger partial charge in [-0.15, -0.1) is 0 Å². The first kappa shape index (κ1) is 22.0.